The van der Waals surface area contributed by atoms with E-state index in [1.807, 2.05) is 6.92 Å². The van der Waals surface area contributed by atoms with Crippen LogP contribution in [0.3, 0.4) is 0 Å². The molecule has 0 aromatic heterocycles. The average molecular weight is 648 g/mol. The van der Waals surface area contributed by atoms with Gasteiger partial charge in [-0.2, -0.15) is 0 Å². The number of carboxylic acids is 1. The number of nitrogens with two attached hydrogens (primary N) is 1. The van der Waals surface area contributed by atoms with Gasteiger partial charge in [0.15, 0.2) is 5.78 Å². The van der Waals surface area contributed by atoms with Crippen molar-refractivity contribution in [3.05, 3.63) is 11.6 Å². The first-order valence-electron chi connectivity index (χ1n) is 17.2. The Hall–Kier alpha value is -1.85. The molecule has 0 radical (unpaired) electrons. The number of carbonyl (C=O) groups excluding carboxylic acids is 2. The van der Waals surface area contributed by atoms with E-state index >= 15 is 0 Å². The van der Waals surface area contributed by atoms with Crippen molar-refractivity contribution in [1.82, 2.24) is 0 Å². The van der Waals surface area contributed by atoms with Gasteiger partial charge in [-0.1, -0.05) is 54.0 Å². The molecule has 10 heteroatoms. The van der Waals surface area contributed by atoms with Crippen molar-refractivity contribution >= 4 is 17.7 Å². The summed E-state index contributed by atoms with van der Waals surface area (Å²) in [5.74, 6) is -1.96. The van der Waals surface area contributed by atoms with Crippen molar-refractivity contribution in [3.63, 3.8) is 0 Å². The van der Waals surface area contributed by atoms with Gasteiger partial charge in [0, 0.05) is 29.7 Å². The summed E-state index contributed by atoms with van der Waals surface area (Å²) in [6, 6.07) is 0. The van der Waals surface area contributed by atoms with Crippen molar-refractivity contribution in [2.45, 2.75) is 105 Å². The fourth-order valence-corrected chi connectivity index (χ4v) is 11.4. The molecule has 4 aliphatic carbocycles. The maximum Gasteiger partial charge on any atom is 0.308 e. The standard InChI is InChI=1S/C36H57NO9/c1-20(2)21(3)31(5)11-12-33(7)23-9-10-26-32(6)17-44-19-36(26,24(23)13-27(40)34(33,8)28(31)30(41)42)14-25(46-22(4)39)29(32)45-18-35(43,15-37)16-38/h13,20-21,23,25-26,28-29,38,43H,9-12,14-19,37H2,1-8H3,(H,41,42)/t21-,23+,25-,26+,28-,29+,31-,32+,33-,34+,35?,36+/m1/s1. The summed E-state index contributed by atoms with van der Waals surface area (Å²) < 4.78 is 18.7. The fourth-order valence-electron chi connectivity index (χ4n) is 11.4. The Balaban J connectivity index is 1.62. The molecular formula is C36H57NO9. The monoisotopic (exact) mass is 647 g/mol. The van der Waals surface area contributed by atoms with Gasteiger partial charge in [-0.25, -0.2) is 0 Å². The number of rotatable bonds is 9. The van der Waals surface area contributed by atoms with Crippen molar-refractivity contribution in [1.29, 1.82) is 0 Å². The second-order valence-corrected chi connectivity index (χ2v) is 16.9. The first-order valence-corrected chi connectivity index (χ1v) is 17.2. The Kier molecular flexibility index (Phi) is 8.97. The molecule has 12 atom stereocenters. The first-order chi connectivity index (χ1) is 21.3. The zero-order valence-electron chi connectivity index (χ0n) is 29.1. The lowest BCUT2D eigenvalue weighted by atomic mass is 9.34. The van der Waals surface area contributed by atoms with Gasteiger partial charge < -0.3 is 35.3 Å². The van der Waals surface area contributed by atoms with Crippen LogP contribution < -0.4 is 5.73 Å². The van der Waals surface area contributed by atoms with Crippen molar-refractivity contribution in [2.75, 3.05) is 33.0 Å². The Morgan fingerprint density at radius 3 is 2.37 bits per heavy atom. The number of aliphatic hydroxyl groups is 2. The lowest BCUT2D eigenvalue weighted by Gasteiger charge is -2.70. The molecule has 1 heterocycles. The molecule has 1 aliphatic heterocycles. The predicted molar refractivity (Wildman–Crippen MR) is 170 cm³/mol. The highest BCUT2D eigenvalue weighted by Crippen LogP contribution is 2.74. The van der Waals surface area contributed by atoms with Crippen LogP contribution in [0.4, 0.5) is 0 Å². The highest BCUT2D eigenvalue weighted by atomic mass is 16.6. The van der Waals surface area contributed by atoms with Crippen molar-refractivity contribution in [3.8, 4) is 0 Å². The third-order valence-corrected chi connectivity index (χ3v) is 14.5. The number of carboxylic acid groups (broad SMARTS) is 1. The van der Waals surface area contributed by atoms with Crippen LogP contribution in [0.5, 0.6) is 0 Å². The normalized spacial score (nSPS) is 45.4. The minimum Gasteiger partial charge on any atom is -0.481 e. The van der Waals surface area contributed by atoms with E-state index in [4.69, 9.17) is 19.9 Å². The van der Waals surface area contributed by atoms with E-state index in [-0.39, 0.29) is 42.6 Å². The Morgan fingerprint density at radius 1 is 1.13 bits per heavy atom. The maximum absolute atomic E-state index is 14.8. The fraction of sp³-hybridized carbons (Fsp3) is 0.861. The molecule has 4 fully saturated rings. The molecule has 10 nitrogen and oxygen atoms in total. The summed E-state index contributed by atoms with van der Waals surface area (Å²) in [7, 11) is 0. The number of hydrogen-bond acceptors (Lipinski definition) is 9. The Bertz CT molecular complexity index is 1280. The highest BCUT2D eigenvalue weighted by molar-refractivity contribution is 6.00. The van der Waals surface area contributed by atoms with Gasteiger partial charge in [-0.15, -0.1) is 0 Å². The number of ketones is 1. The summed E-state index contributed by atoms with van der Waals surface area (Å²) in [5.41, 5.74) is 1.63. The van der Waals surface area contributed by atoms with Gasteiger partial charge in [0.05, 0.1) is 32.3 Å². The zero-order valence-corrected chi connectivity index (χ0v) is 29.1. The SMILES string of the molecule is CC(=O)O[C@@H]1C[C@@]23COC[C@@](C)([C@@H]2CC[C@H]2C3=CC(=O)[C@@]3(C)[C@H](C(=O)O)[C@@](C)([C@H](C)C(C)C)CC[C@]23C)[C@H]1OCC(O)(CN)CO. The van der Waals surface area contributed by atoms with E-state index in [1.54, 1.807) is 6.08 Å². The van der Waals surface area contributed by atoms with E-state index in [2.05, 4.69) is 41.5 Å². The second-order valence-electron chi connectivity index (χ2n) is 16.9. The summed E-state index contributed by atoms with van der Waals surface area (Å²) in [6.45, 7) is 15.7. The highest BCUT2D eigenvalue weighted by Gasteiger charge is 2.74. The van der Waals surface area contributed by atoms with E-state index in [1.165, 1.54) is 6.92 Å². The largest absolute Gasteiger partial charge is 0.481 e. The zero-order chi connectivity index (χ0) is 34.3. The molecule has 46 heavy (non-hydrogen) atoms. The van der Waals surface area contributed by atoms with Crippen molar-refractivity contribution < 1.29 is 43.9 Å². The minimum atomic E-state index is -1.64. The van der Waals surface area contributed by atoms with Gasteiger partial charge in [0.1, 0.15) is 17.8 Å². The van der Waals surface area contributed by atoms with E-state index in [0.717, 1.165) is 31.3 Å². The quantitative estimate of drug-likeness (QED) is 0.271. The van der Waals surface area contributed by atoms with Crippen molar-refractivity contribution in [2.24, 2.45) is 62.4 Å². The predicted octanol–water partition coefficient (Wildman–Crippen LogP) is 3.75. The van der Waals surface area contributed by atoms with Crippen LogP contribution in [0.25, 0.3) is 0 Å². The molecule has 5 rings (SSSR count). The lowest BCUT2D eigenvalue weighted by Crippen LogP contribution is -2.71. The van der Waals surface area contributed by atoms with Crippen LogP contribution in [-0.4, -0.2) is 83.8 Å². The van der Waals surface area contributed by atoms with Gasteiger partial charge >= 0.3 is 11.9 Å². The molecule has 0 amide bonds. The Morgan fingerprint density at radius 2 is 1.80 bits per heavy atom. The third-order valence-electron chi connectivity index (χ3n) is 14.5. The topological polar surface area (TPSA) is 166 Å². The summed E-state index contributed by atoms with van der Waals surface area (Å²) in [6.07, 6.45) is 3.90. The van der Waals surface area contributed by atoms with Gasteiger partial charge in [-0.05, 0) is 72.7 Å². The number of aliphatic hydroxyl groups excluding tert-OH is 1. The van der Waals surface area contributed by atoms with Gasteiger partial charge in [0.25, 0.3) is 0 Å². The lowest BCUT2D eigenvalue weighted by molar-refractivity contribution is -0.272. The molecule has 2 bridgehead atoms. The number of esters is 1. The number of ether oxygens (including phenoxy) is 3. The number of allylic oxidation sites excluding steroid dienone is 1. The molecule has 1 unspecified atom stereocenters. The van der Waals surface area contributed by atoms with Crippen LogP contribution in [0.1, 0.15) is 87.5 Å². The maximum atomic E-state index is 14.8. The first kappa shape index (κ1) is 35.5. The van der Waals surface area contributed by atoms with Crippen LogP contribution in [-0.2, 0) is 28.6 Å². The van der Waals surface area contributed by atoms with Crippen LogP contribution >= 0.6 is 0 Å². The average Bonchev–Trinajstić information content (AvgIpc) is 2.97. The van der Waals surface area contributed by atoms with E-state index < -0.39 is 69.3 Å². The number of aliphatic carboxylic acids is 1. The minimum absolute atomic E-state index is 0.0269. The van der Waals surface area contributed by atoms with Crippen LogP contribution in [0.15, 0.2) is 11.6 Å². The number of hydrogen-bond donors (Lipinski definition) is 4. The number of carbonyl (C=O) groups is 3. The van der Waals surface area contributed by atoms with Gasteiger partial charge in [-0.3, -0.25) is 14.4 Å². The van der Waals surface area contributed by atoms with Crippen LogP contribution in [0, 0.1) is 56.7 Å². The summed E-state index contributed by atoms with van der Waals surface area (Å²) in [4.78, 5) is 40.6. The molecule has 1 saturated heterocycles. The molecule has 260 valence electrons. The van der Waals surface area contributed by atoms with Crippen LogP contribution in [0.2, 0.25) is 0 Å². The summed E-state index contributed by atoms with van der Waals surface area (Å²) in [5, 5.41) is 31.4. The molecular weight excluding hydrogens is 590 g/mol. The second kappa shape index (κ2) is 11.6. The van der Waals surface area contributed by atoms with E-state index in [0.29, 0.717) is 19.6 Å². The third kappa shape index (κ3) is 4.78. The summed E-state index contributed by atoms with van der Waals surface area (Å²) >= 11 is 0. The molecule has 0 aromatic rings. The van der Waals surface area contributed by atoms with E-state index in [9.17, 15) is 29.7 Å². The molecule has 3 saturated carbocycles. The Labute approximate surface area is 273 Å². The molecule has 5 aliphatic rings. The molecule has 5 N–H and O–H groups in total. The molecule has 0 spiro atoms. The molecule has 0 aromatic carbocycles. The number of fused-ring (bicyclic) bond motifs is 3. The van der Waals surface area contributed by atoms with Gasteiger partial charge in [0.2, 0.25) is 0 Å². The smallest absolute Gasteiger partial charge is 0.308 e.